The molecule has 1 aromatic heterocycles. The number of hydrogen-bond donors (Lipinski definition) is 2. The molecular formula is C44H56FN3O7. The van der Waals surface area contributed by atoms with Gasteiger partial charge in [-0.3, -0.25) is 9.59 Å². The third kappa shape index (κ3) is 11.3. The number of esters is 1. The van der Waals surface area contributed by atoms with Crippen LogP contribution in [0.2, 0.25) is 0 Å². The van der Waals surface area contributed by atoms with Gasteiger partial charge in [-0.25, -0.2) is 4.39 Å². The van der Waals surface area contributed by atoms with Crippen LogP contribution < -0.4 is 15.8 Å². The van der Waals surface area contributed by atoms with Gasteiger partial charge in [-0.2, -0.15) is 0 Å². The largest absolute Gasteiger partial charge is 0.490 e. The summed E-state index contributed by atoms with van der Waals surface area (Å²) in [5.74, 6) is -1.80. The van der Waals surface area contributed by atoms with E-state index in [9.17, 15) is 9.59 Å². The molecule has 11 heteroatoms. The molecule has 3 aromatic carbocycles. The smallest absolute Gasteiger partial charge is 0.308 e. The molecule has 0 bridgehead atoms. The second-order valence-corrected chi connectivity index (χ2v) is 15.6. The lowest BCUT2D eigenvalue weighted by Crippen LogP contribution is -2.46. The molecule has 0 radical (unpaired) electrons. The van der Waals surface area contributed by atoms with E-state index in [4.69, 9.17) is 29.4 Å². The number of para-hydroxylation sites is 1. The predicted octanol–water partition coefficient (Wildman–Crippen LogP) is 8.72. The lowest BCUT2D eigenvalue weighted by molar-refractivity contribution is -0.301. The molecule has 4 aromatic rings. The second-order valence-electron chi connectivity index (χ2n) is 15.6. The number of aromatic nitrogens is 1. The molecule has 0 unspecified atom stereocenters. The summed E-state index contributed by atoms with van der Waals surface area (Å²) in [6.07, 6.45) is 0.383. The topological polar surface area (TPSA) is 123 Å². The van der Waals surface area contributed by atoms with Crippen molar-refractivity contribution in [2.75, 3.05) is 31.7 Å². The third-order valence-corrected chi connectivity index (χ3v) is 9.03. The number of nitrogens with one attached hydrogen (secondary N) is 1. The molecule has 1 fully saturated rings. The van der Waals surface area contributed by atoms with Gasteiger partial charge in [0.25, 0.3) is 5.91 Å². The summed E-state index contributed by atoms with van der Waals surface area (Å²) < 4.78 is 47.3. The standard InChI is InChI=1S/C44H56FN3O7/c1-29(2)40-39(42(50)47-32-16-12-9-13-17-32)38(30-14-10-8-11-15-30)41(35-19-18-31(45)26-36(35)52-25-24-51-23-21-46)48(40)22-20-33-27-34(54-44(6,7)53-33)28-37(49)55-43(3,4)5/h8-19,26,29,33-34H,20-25,27-28,46H2,1-7H3,(H,47,50)/t33-,34-/m1/s1. The van der Waals surface area contributed by atoms with E-state index in [1.807, 2.05) is 95.3 Å². The summed E-state index contributed by atoms with van der Waals surface area (Å²) in [4.78, 5) is 27.5. The number of hydrogen-bond acceptors (Lipinski definition) is 8. The fourth-order valence-corrected chi connectivity index (χ4v) is 7.15. The maximum Gasteiger partial charge on any atom is 0.308 e. The van der Waals surface area contributed by atoms with E-state index in [-0.39, 0.29) is 43.5 Å². The van der Waals surface area contributed by atoms with Gasteiger partial charge < -0.3 is 39.3 Å². The highest BCUT2D eigenvalue weighted by molar-refractivity contribution is 6.12. The van der Waals surface area contributed by atoms with Gasteiger partial charge in [0.1, 0.15) is 23.8 Å². The number of ether oxygens (including phenoxy) is 5. The average molecular weight is 758 g/mol. The molecule has 1 amide bonds. The fourth-order valence-electron chi connectivity index (χ4n) is 7.15. The minimum atomic E-state index is -0.949. The summed E-state index contributed by atoms with van der Waals surface area (Å²) in [6, 6.07) is 23.6. The number of rotatable bonds is 16. The highest BCUT2D eigenvalue weighted by Crippen LogP contribution is 2.46. The van der Waals surface area contributed by atoms with Gasteiger partial charge in [-0.1, -0.05) is 62.4 Å². The first-order valence-corrected chi connectivity index (χ1v) is 19.1. The van der Waals surface area contributed by atoms with E-state index in [1.54, 1.807) is 6.07 Å². The summed E-state index contributed by atoms with van der Waals surface area (Å²) in [5.41, 5.74) is 9.82. The van der Waals surface area contributed by atoms with Crippen LogP contribution in [-0.2, 0) is 30.3 Å². The molecule has 1 aliphatic heterocycles. The lowest BCUT2D eigenvalue weighted by Gasteiger charge is -2.41. The highest BCUT2D eigenvalue weighted by atomic mass is 19.1. The van der Waals surface area contributed by atoms with Gasteiger partial charge in [0.2, 0.25) is 0 Å². The molecule has 0 spiro atoms. The van der Waals surface area contributed by atoms with Crippen LogP contribution >= 0.6 is 0 Å². The minimum Gasteiger partial charge on any atom is -0.490 e. The van der Waals surface area contributed by atoms with Gasteiger partial charge >= 0.3 is 5.97 Å². The Morgan fingerprint density at radius 2 is 1.64 bits per heavy atom. The number of amides is 1. The van der Waals surface area contributed by atoms with Crippen molar-refractivity contribution in [1.82, 2.24) is 4.57 Å². The van der Waals surface area contributed by atoms with Crippen molar-refractivity contribution in [3.05, 3.63) is 95.9 Å². The van der Waals surface area contributed by atoms with Crippen molar-refractivity contribution in [2.24, 2.45) is 5.73 Å². The van der Waals surface area contributed by atoms with Crippen LogP contribution in [-0.4, -0.2) is 66.4 Å². The van der Waals surface area contributed by atoms with Crippen LogP contribution in [0.4, 0.5) is 10.1 Å². The van der Waals surface area contributed by atoms with Crippen LogP contribution in [0.1, 0.15) is 89.7 Å². The zero-order valence-electron chi connectivity index (χ0n) is 33.2. The van der Waals surface area contributed by atoms with E-state index in [0.717, 1.165) is 11.3 Å². The quantitative estimate of drug-likeness (QED) is 0.0860. The molecule has 0 saturated carbocycles. The number of carbonyl (C=O) groups excluding carboxylic acids is 2. The highest BCUT2D eigenvalue weighted by Gasteiger charge is 2.38. The van der Waals surface area contributed by atoms with Gasteiger partial charge in [0, 0.05) is 48.1 Å². The zero-order chi connectivity index (χ0) is 39.8. The molecule has 10 nitrogen and oxygen atoms in total. The first-order valence-electron chi connectivity index (χ1n) is 19.1. The maximum absolute atomic E-state index is 15.0. The Morgan fingerprint density at radius 1 is 0.964 bits per heavy atom. The summed E-state index contributed by atoms with van der Waals surface area (Å²) in [5, 5.41) is 3.13. The number of halogens is 1. The summed E-state index contributed by atoms with van der Waals surface area (Å²) >= 11 is 0. The van der Waals surface area contributed by atoms with E-state index in [1.165, 1.54) is 12.1 Å². The Morgan fingerprint density at radius 3 is 2.29 bits per heavy atom. The molecular weight excluding hydrogens is 701 g/mol. The normalized spacial score (nSPS) is 16.9. The number of anilines is 1. The molecule has 5 rings (SSSR count). The second kappa shape index (κ2) is 18.4. The number of nitrogens with two attached hydrogens (primary N) is 1. The molecule has 0 aliphatic carbocycles. The Bertz CT molecular complexity index is 1890. The van der Waals surface area contributed by atoms with Gasteiger partial charge in [0.15, 0.2) is 5.79 Å². The third-order valence-electron chi connectivity index (χ3n) is 9.03. The van der Waals surface area contributed by atoms with Gasteiger partial charge in [0.05, 0.1) is 43.1 Å². The van der Waals surface area contributed by atoms with E-state index in [2.05, 4.69) is 23.7 Å². The first-order chi connectivity index (χ1) is 26.2. The zero-order valence-corrected chi connectivity index (χ0v) is 33.2. The van der Waals surface area contributed by atoms with Crippen LogP contribution in [0.5, 0.6) is 5.75 Å². The molecule has 296 valence electrons. The lowest BCUT2D eigenvalue weighted by atomic mass is 9.94. The van der Waals surface area contributed by atoms with E-state index >= 15 is 4.39 Å². The molecule has 55 heavy (non-hydrogen) atoms. The summed E-state index contributed by atoms with van der Waals surface area (Å²) in [7, 11) is 0. The molecule has 1 saturated heterocycles. The van der Waals surface area contributed by atoms with Crippen LogP contribution in [0.15, 0.2) is 78.9 Å². The Hall–Kier alpha value is -4.55. The van der Waals surface area contributed by atoms with Crippen molar-refractivity contribution in [3.8, 4) is 28.1 Å². The number of nitrogens with zero attached hydrogens (tertiary/aromatic N) is 1. The van der Waals surface area contributed by atoms with Crippen molar-refractivity contribution in [1.29, 1.82) is 0 Å². The van der Waals surface area contributed by atoms with E-state index in [0.29, 0.717) is 66.4 Å². The average Bonchev–Trinajstić information content (AvgIpc) is 3.45. The van der Waals surface area contributed by atoms with E-state index < -0.39 is 23.3 Å². The Labute approximate surface area is 324 Å². The SMILES string of the molecule is CC(C)c1c(C(=O)Nc2ccccc2)c(-c2ccccc2)c(-c2ccc(F)cc2OCCOCCN)n1CC[C@@H]1C[C@H](CC(=O)OC(C)(C)C)OC(C)(C)O1. The van der Waals surface area contributed by atoms with Crippen LogP contribution in [0.25, 0.3) is 22.4 Å². The summed E-state index contributed by atoms with van der Waals surface area (Å²) in [6.45, 7) is 15.0. The van der Waals surface area contributed by atoms with Crippen LogP contribution in [0.3, 0.4) is 0 Å². The predicted molar refractivity (Wildman–Crippen MR) is 213 cm³/mol. The Balaban J connectivity index is 1.64. The van der Waals surface area contributed by atoms with Crippen molar-refractivity contribution >= 4 is 17.6 Å². The van der Waals surface area contributed by atoms with Crippen molar-refractivity contribution in [2.45, 2.75) is 104 Å². The van der Waals surface area contributed by atoms with Gasteiger partial charge in [-0.05, 0) is 76.8 Å². The Kier molecular flexibility index (Phi) is 13.9. The molecule has 2 atom stereocenters. The molecule has 1 aliphatic rings. The van der Waals surface area contributed by atoms with Gasteiger partial charge in [-0.15, -0.1) is 0 Å². The van der Waals surface area contributed by atoms with Crippen molar-refractivity contribution < 1.29 is 37.7 Å². The van der Waals surface area contributed by atoms with Crippen molar-refractivity contribution in [3.63, 3.8) is 0 Å². The number of benzene rings is 3. The number of carbonyl (C=O) groups is 2. The minimum absolute atomic E-state index is 0.0970. The van der Waals surface area contributed by atoms with Crippen LogP contribution in [0, 0.1) is 5.82 Å². The monoisotopic (exact) mass is 757 g/mol. The molecule has 2 heterocycles. The maximum atomic E-state index is 15.0. The fraction of sp³-hybridized carbons (Fsp3) is 0.455. The first kappa shape index (κ1) is 41.6. The molecule has 3 N–H and O–H groups in total.